The van der Waals surface area contributed by atoms with Crippen molar-refractivity contribution in [3.8, 4) is 0 Å². The van der Waals surface area contributed by atoms with Gasteiger partial charge in [-0.2, -0.15) is 0 Å². The van der Waals surface area contributed by atoms with E-state index in [1.807, 2.05) is 0 Å². The van der Waals surface area contributed by atoms with Crippen LogP contribution in [-0.4, -0.2) is 38.0 Å². The summed E-state index contributed by atoms with van der Waals surface area (Å²) >= 11 is 0. The van der Waals surface area contributed by atoms with Crippen LogP contribution in [0.15, 0.2) is 24.3 Å². The molecule has 1 amide bonds. The van der Waals surface area contributed by atoms with E-state index in [-0.39, 0.29) is 24.2 Å². The molecule has 0 spiro atoms. The summed E-state index contributed by atoms with van der Waals surface area (Å²) in [5.41, 5.74) is 0.707. The van der Waals surface area contributed by atoms with Crippen LogP contribution in [0.3, 0.4) is 0 Å². The molecular weight excluding hydrogens is 309 g/mol. The minimum absolute atomic E-state index is 0.127. The first-order chi connectivity index (χ1) is 10.4. The fraction of sp³-hybridized carbons (Fsp3) is 0.533. The fourth-order valence-corrected chi connectivity index (χ4v) is 3.76. The molecule has 0 aromatic heterocycles. The summed E-state index contributed by atoms with van der Waals surface area (Å²) in [7, 11) is -3.55. The minimum atomic E-state index is -3.55. The lowest BCUT2D eigenvalue weighted by molar-refractivity contribution is -0.120. The Labute approximate surface area is 129 Å². The number of ether oxygens (including phenoxy) is 1. The van der Waals surface area contributed by atoms with E-state index in [1.54, 1.807) is 12.1 Å². The predicted octanol–water partition coefficient (Wildman–Crippen LogP) is 1.42. The molecule has 122 valence electrons. The Morgan fingerprint density at radius 3 is 2.68 bits per heavy atom. The third-order valence-electron chi connectivity index (χ3n) is 3.73. The molecule has 0 saturated carbocycles. The SMILES string of the molecule is C[C@@H](C(=O)NCc1ccc(F)cc1)S(=O)(=O)C[C@H]1CCCO1. The monoisotopic (exact) mass is 329 g/mol. The second-order valence-corrected chi connectivity index (χ2v) is 7.82. The van der Waals surface area contributed by atoms with Crippen molar-refractivity contribution in [1.29, 1.82) is 0 Å². The standard InChI is InChI=1S/C15H20FNO4S/c1-11(22(19,20)10-14-3-2-8-21-14)15(18)17-9-12-4-6-13(16)7-5-12/h4-7,11,14H,2-3,8-10H2,1H3,(H,17,18)/t11-,14+/m0/s1. The van der Waals surface area contributed by atoms with Crippen molar-refractivity contribution in [2.24, 2.45) is 0 Å². The van der Waals surface area contributed by atoms with Crippen molar-refractivity contribution >= 4 is 15.7 Å². The van der Waals surface area contributed by atoms with Crippen LogP contribution < -0.4 is 5.32 Å². The molecule has 1 aromatic carbocycles. The van der Waals surface area contributed by atoms with E-state index in [1.165, 1.54) is 19.1 Å². The fourth-order valence-electron chi connectivity index (χ4n) is 2.28. The summed E-state index contributed by atoms with van der Waals surface area (Å²) < 4.78 is 42.5. The van der Waals surface area contributed by atoms with Crippen LogP contribution in [0.25, 0.3) is 0 Å². The Morgan fingerprint density at radius 2 is 2.09 bits per heavy atom. The smallest absolute Gasteiger partial charge is 0.238 e. The summed E-state index contributed by atoms with van der Waals surface area (Å²) in [6.45, 7) is 2.12. The topological polar surface area (TPSA) is 72.5 Å². The highest BCUT2D eigenvalue weighted by molar-refractivity contribution is 7.92. The van der Waals surface area contributed by atoms with Gasteiger partial charge in [-0.3, -0.25) is 4.79 Å². The molecule has 1 N–H and O–H groups in total. The first-order valence-electron chi connectivity index (χ1n) is 7.24. The number of carbonyl (C=O) groups is 1. The molecule has 1 fully saturated rings. The molecule has 0 radical (unpaired) electrons. The number of hydrogen-bond acceptors (Lipinski definition) is 4. The third-order valence-corrected chi connectivity index (χ3v) is 5.86. The van der Waals surface area contributed by atoms with Crippen LogP contribution in [0, 0.1) is 5.82 Å². The van der Waals surface area contributed by atoms with Crippen molar-refractivity contribution in [1.82, 2.24) is 5.32 Å². The number of carbonyl (C=O) groups excluding carboxylic acids is 1. The highest BCUT2D eigenvalue weighted by Gasteiger charge is 2.32. The summed E-state index contributed by atoms with van der Waals surface area (Å²) in [5.74, 6) is -1.04. The van der Waals surface area contributed by atoms with Gasteiger partial charge in [-0.25, -0.2) is 12.8 Å². The van der Waals surface area contributed by atoms with Gasteiger partial charge in [-0.15, -0.1) is 0 Å². The molecule has 1 aliphatic heterocycles. The number of sulfone groups is 1. The van der Waals surface area contributed by atoms with Crippen molar-refractivity contribution in [2.45, 2.75) is 37.7 Å². The number of benzene rings is 1. The summed E-state index contributed by atoms with van der Waals surface area (Å²) in [6, 6.07) is 5.67. The predicted molar refractivity (Wildman–Crippen MR) is 80.5 cm³/mol. The number of nitrogens with one attached hydrogen (secondary N) is 1. The van der Waals surface area contributed by atoms with Gasteiger partial charge >= 0.3 is 0 Å². The van der Waals surface area contributed by atoms with Gasteiger partial charge in [0.25, 0.3) is 0 Å². The van der Waals surface area contributed by atoms with Crippen LogP contribution in [-0.2, 0) is 25.9 Å². The maximum atomic E-state index is 12.8. The van der Waals surface area contributed by atoms with E-state index >= 15 is 0 Å². The Kier molecular flexibility index (Phi) is 5.52. The zero-order chi connectivity index (χ0) is 16.2. The second-order valence-electron chi connectivity index (χ2n) is 5.45. The summed E-state index contributed by atoms with van der Waals surface area (Å²) in [4.78, 5) is 12.0. The molecule has 5 nitrogen and oxygen atoms in total. The number of rotatable bonds is 6. The van der Waals surface area contributed by atoms with Crippen molar-refractivity contribution in [2.75, 3.05) is 12.4 Å². The van der Waals surface area contributed by atoms with Crippen LogP contribution in [0.2, 0.25) is 0 Å². The van der Waals surface area contributed by atoms with Gasteiger partial charge in [0.15, 0.2) is 9.84 Å². The molecule has 1 aromatic rings. The summed E-state index contributed by atoms with van der Waals surface area (Å²) in [5, 5.41) is 1.44. The highest BCUT2D eigenvalue weighted by Crippen LogP contribution is 2.16. The average Bonchev–Trinajstić information content (AvgIpc) is 2.97. The number of halogens is 1. The molecule has 2 atom stereocenters. The number of amides is 1. The minimum Gasteiger partial charge on any atom is -0.377 e. The van der Waals surface area contributed by atoms with Gasteiger partial charge in [0, 0.05) is 13.2 Å². The lowest BCUT2D eigenvalue weighted by Crippen LogP contribution is -2.40. The Hall–Kier alpha value is -1.47. The van der Waals surface area contributed by atoms with Crippen LogP contribution in [0.4, 0.5) is 4.39 Å². The molecule has 0 aliphatic carbocycles. The first-order valence-corrected chi connectivity index (χ1v) is 8.95. The van der Waals surface area contributed by atoms with Crippen molar-refractivity contribution in [3.63, 3.8) is 0 Å². The number of hydrogen-bond donors (Lipinski definition) is 1. The van der Waals surface area contributed by atoms with E-state index in [0.717, 1.165) is 6.42 Å². The quantitative estimate of drug-likeness (QED) is 0.857. The maximum absolute atomic E-state index is 12.8. The van der Waals surface area contributed by atoms with E-state index in [2.05, 4.69) is 5.32 Å². The zero-order valence-electron chi connectivity index (χ0n) is 12.4. The Morgan fingerprint density at radius 1 is 1.41 bits per heavy atom. The van der Waals surface area contributed by atoms with Gasteiger partial charge in [-0.05, 0) is 37.5 Å². The normalized spacial score (nSPS) is 19.8. The van der Waals surface area contributed by atoms with E-state index in [9.17, 15) is 17.6 Å². The maximum Gasteiger partial charge on any atom is 0.238 e. The second kappa shape index (κ2) is 7.19. The lowest BCUT2D eigenvalue weighted by atomic mass is 10.2. The average molecular weight is 329 g/mol. The van der Waals surface area contributed by atoms with E-state index < -0.39 is 21.0 Å². The van der Waals surface area contributed by atoms with Gasteiger partial charge < -0.3 is 10.1 Å². The molecule has 7 heteroatoms. The van der Waals surface area contributed by atoms with Gasteiger partial charge in [-0.1, -0.05) is 12.1 Å². The first kappa shape index (κ1) is 16.9. The van der Waals surface area contributed by atoms with Crippen LogP contribution >= 0.6 is 0 Å². The van der Waals surface area contributed by atoms with E-state index in [4.69, 9.17) is 4.74 Å². The molecular formula is C15H20FNO4S. The molecule has 1 heterocycles. The molecule has 0 unspecified atom stereocenters. The van der Waals surface area contributed by atoms with Crippen LogP contribution in [0.1, 0.15) is 25.3 Å². The van der Waals surface area contributed by atoms with Crippen molar-refractivity contribution < 1.29 is 22.3 Å². The zero-order valence-corrected chi connectivity index (χ0v) is 13.2. The van der Waals surface area contributed by atoms with Gasteiger partial charge in [0.05, 0.1) is 11.9 Å². The van der Waals surface area contributed by atoms with Crippen LogP contribution in [0.5, 0.6) is 0 Å². The Balaban J connectivity index is 1.88. The van der Waals surface area contributed by atoms with Crippen molar-refractivity contribution in [3.05, 3.63) is 35.6 Å². The molecule has 0 bridgehead atoms. The van der Waals surface area contributed by atoms with E-state index in [0.29, 0.717) is 18.6 Å². The summed E-state index contributed by atoms with van der Waals surface area (Å²) in [6.07, 6.45) is 1.26. The molecule has 1 aliphatic rings. The molecule has 2 rings (SSSR count). The Bertz CT molecular complexity index is 609. The third kappa shape index (κ3) is 4.51. The molecule has 22 heavy (non-hydrogen) atoms. The van der Waals surface area contributed by atoms with Gasteiger partial charge in [0.1, 0.15) is 11.1 Å². The lowest BCUT2D eigenvalue weighted by Gasteiger charge is -2.16. The highest BCUT2D eigenvalue weighted by atomic mass is 32.2. The molecule has 1 saturated heterocycles. The van der Waals surface area contributed by atoms with Gasteiger partial charge in [0.2, 0.25) is 5.91 Å². The largest absolute Gasteiger partial charge is 0.377 e.